The topological polar surface area (TPSA) is 12.9 Å². The summed E-state index contributed by atoms with van der Waals surface area (Å²) in [5.74, 6) is 7.36. The lowest BCUT2D eigenvalue weighted by Gasteiger charge is -2.24. The molecular formula is C15H18FN. The largest absolute Gasteiger partial charge is 0.227 e. The molecule has 2 heteroatoms. The minimum atomic E-state index is -0.445. The van der Waals surface area contributed by atoms with Crippen LogP contribution in [0.4, 0.5) is 4.39 Å². The van der Waals surface area contributed by atoms with Crippen LogP contribution in [0.1, 0.15) is 44.6 Å². The van der Waals surface area contributed by atoms with Gasteiger partial charge in [-0.3, -0.25) is 0 Å². The van der Waals surface area contributed by atoms with Crippen LogP contribution in [-0.4, -0.2) is 4.98 Å². The van der Waals surface area contributed by atoms with Crippen molar-refractivity contribution in [2.45, 2.75) is 39.0 Å². The number of hydrogen-bond acceptors (Lipinski definition) is 1. The van der Waals surface area contributed by atoms with Gasteiger partial charge < -0.3 is 0 Å². The lowest BCUT2D eigenvalue weighted by molar-refractivity contribution is 0.309. The second kappa shape index (κ2) is 5.82. The third kappa shape index (κ3) is 3.56. The molecule has 0 saturated heterocycles. The van der Waals surface area contributed by atoms with Crippen LogP contribution in [0.3, 0.4) is 0 Å². The molecule has 17 heavy (non-hydrogen) atoms. The molecule has 1 aliphatic carbocycles. The fourth-order valence-corrected chi connectivity index (χ4v) is 2.35. The molecule has 0 N–H and O–H groups in total. The van der Waals surface area contributed by atoms with Crippen molar-refractivity contribution < 1.29 is 4.39 Å². The molecule has 1 fully saturated rings. The van der Waals surface area contributed by atoms with Crippen LogP contribution < -0.4 is 0 Å². The molecule has 0 unspecified atom stereocenters. The van der Waals surface area contributed by atoms with Crippen molar-refractivity contribution >= 4 is 0 Å². The molecule has 1 nitrogen and oxygen atoms in total. The number of nitrogens with zero attached hydrogens (tertiary/aromatic N) is 1. The number of pyridine rings is 1. The Kier molecular flexibility index (Phi) is 4.14. The number of aromatic nitrogens is 1. The maximum absolute atomic E-state index is 12.6. The zero-order valence-corrected chi connectivity index (χ0v) is 10.2. The van der Waals surface area contributed by atoms with Crippen molar-refractivity contribution in [3.8, 4) is 11.8 Å². The van der Waals surface area contributed by atoms with Gasteiger partial charge >= 0.3 is 0 Å². The van der Waals surface area contributed by atoms with E-state index in [9.17, 15) is 4.39 Å². The van der Waals surface area contributed by atoms with Crippen molar-refractivity contribution in [3.05, 3.63) is 29.8 Å². The van der Waals surface area contributed by atoms with Crippen LogP contribution in [0, 0.1) is 29.6 Å². The summed E-state index contributed by atoms with van der Waals surface area (Å²) in [4.78, 5) is 3.60. The minimum Gasteiger partial charge on any atom is -0.227 e. The molecule has 1 saturated carbocycles. The molecule has 0 radical (unpaired) electrons. The third-order valence-electron chi connectivity index (χ3n) is 3.57. The van der Waals surface area contributed by atoms with Crippen molar-refractivity contribution in [2.75, 3.05) is 0 Å². The molecule has 1 aliphatic rings. The van der Waals surface area contributed by atoms with E-state index in [0.717, 1.165) is 11.5 Å². The Morgan fingerprint density at radius 3 is 2.65 bits per heavy atom. The van der Waals surface area contributed by atoms with Crippen LogP contribution in [0.25, 0.3) is 0 Å². The summed E-state index contributed by atoms with van der Waals surface area (Å²) in [6, 6.07) is 3.05. The number of hydrogen-bond donors (Lipinski definition) is 0. The molecule has 0 aromatic carbocycles. The lowest BCUT2D eigenvalue weighted by Crippen LogP contribution is -2.12. The molecule has 90 valence electrons. The molecule has 0 atom stereocenters. The Labute approximate surface area is 102 Å². The van der Waals surface area contributed by atoms with Gasteiger partial charge in [0.15, 0.2) is 0 Å². The first kappa shape index (κ1) is 12.1. The van der Waals surface area contributed by atoms with Gasteiger partial charge in [0.05, 0.1) is 0 Å². The average molecular weight is 231 g/mol. The van der Waals surface area contributed by atoms with E-state index in [4.69, 9.17) is 0 Å². The summed E-state index contributed by atoms with van der Waals surface area (Å²) in [6.45, 7) is 2.26. The van der Waals surface area contributed by atoms with E-state index in [-0.39, 0.29) is 0 Å². The molecular weight excluding hydrogens is 213 g/mol. The van der Waals surface area contributed by atoms with Crippen molar-refractivity contribution in [3.63, 3.8) is 0 Å². The van der Waals surface area contributed by atoms with E-state index in [1.807, 2.05) is 0 Å². The first-order valence-corrected chi connectivity index (χ1v) is 6.41. The van der Waals surface area contributed by atoms with Crippen LogP contribution in [0.15, 0.2) is 18.3 Å². The predicted molar refractivity (Wildman–Crippen MR) is 66.8 cm³/mol. The maximum Gasteiger partial charge on any atom is 0.212 e. The van der Waals surface area contributed by atoms with Gasteiger partial charge in [-0.05, 0) is 43.7 Å². The highest BCUT2D eigenvalue weighted by Gasteiger charge is 2.17. The Morgan fingerprint density at radius 1 is 1.29 bits per heavy atom. The Morgan fingerprint density at radius 2 is 2.06 bits per heavy atom. The Bertz CT molecular complexity index is 405. The smallest absolute Gasteiger partial charge is 0.212 e. The first-order chi connectivity index (χ1) is 8.28. The minimum absolute atomic E-state index is 0.445. The summed E-state index contributed by atoms with van der Waals surface area (Å²) in [5, 5.41) is 0. The predicted octanol–water partition coefficient (Wildman–Crippen LogP) is 3.79. The molecule has 1 aromatic rings. The van der Waals surface area contributed by atoms with Gasteiger partial charge in [0.25, 0.3) is 0 Å². The fourth-order valence-electron chi connectivity index (χ4n) is 2.35. The zero-order chi connectivity index (χ0) is 12.1. The second-order valence-corrected chi connectivity index (χ2v) is 4.76. The summed E-state index contributed by atoms with van der Waals surface area (Å²) in [7, 11) is 0. The quantitative estimate of drug-likeness (QED) is 0.529. The average Bonchev–Trinajstić information content (AvgIpc) is 2.39. The van der Waals surface area contributed by atoms with Gasteiger partial charge in [-0.15, -0.1) is 0 Å². The van der Waals surface area contributed by atoms with Crippen LogP contribution in [0.5, 0.6) is 0 Å². The molecule has 1 heterocycles. The number of rotatable bonds is 1. The van der Waals surface area contributed by atoms with Crippen molar-refractivity contribution in [1.82, 2.24) is 4.98 Å². The normalized spacial score (nSPS) is 23.9. The summed E-state index contributed by atoms with van der Waals surface area (Å²) < 4.78 is 12.6. The standard InChI is InChI=1S/C15H18FN/c1-2-12-3-5-13(6-4-12)7-8-14-9-10-15(16)17-11-14/h9-13H,2-6H2,1H3/t12-,13-. The van der Waals surface area contributed by atoms with Gasteiger partial charge in [0, 0.05) is 17.7 Å². The second-order valence-electron chi connectivity index (χ2n) is 4.76. The Balaban J connectivity index is 1.92. The zero-order valence-electron chi connectivity index (χ0n) is 10.2. The highest BCUT2D eigenvalue weighted by molar-refractivity contribution is 5.31. The van der Waals surface area contributed by atoms with Crippen LogP contribution >= 0.6 is 0 Å². The summed E-state index contributed by atoms with van der Waals surface area (Å²) in [5.41, 5.74) is 0.809. The van der Waals surface area contributed by atoms with Gasteiger partial charge in [-0.1, -0.05) is 25.2 Å². The van der Waals surface area contributed by atoms with E-state index in [1.54, 1.807) is 6.07 Å². The molecule has 0 aliphatic heterocycles. The van der Waals surface area contributed by atoms with Gasteiger partial charge in [0.2, 0.25) is 5.95 Å². The van der Waals surface area contributed by atoms with Crippen LogP contribution in [-0.2, 0) is 0 Å². The molecule has 0 bridgehead atoms. The van der Waals surface area contributed by atoms with E-state index in [1.165, 1.54) is 44.4 Å². The third-order valence-corrected chi connectivity index (χ3v) is 3.57. The summed E-state index contributed by atoms with van der Waals surface area (Å²) in [6.07, 6.45) is 7.82. The SMILES string of the molecule is CC[C@H]1CC[C@H](C#Cc2ccc(F)nc2)CC1. The monoisotopic (exact) mass is 231 g/mol. The summed E-state index contributed by atoms with van der Waals surface area (Å²) >= 11 is 0. The first-order valence-electron chi connectivity index (χ1n) is 6.41. The van der Waals surface area contributed by atoms with Gasteiger partial charge in [-0.25, -0.2) is 4.98 Å². The molecule has 0 amide bonds. The molecule has 1 aromatic heterocycles. The van der Waals surface area contributed by atoms with E-state index in [0.29, 0.717) is 5.92 Å². The van der Waals surface area contributed by atoms with E-state index >= 15 is 0 Å². The molecule has 0 spiro atoms. The Hall–Kier alpha value is -1.36. The highest BCUT2D eigenvalue weighted by Crippen LogP contribution is 2.30. The van der Waals surface area contributed by atoms with Crippen molar-refractivity contribution in [1.29, 1.82) is 0 Å². The fraction of sp³-hybridized carbons (Fsp3) is 0.533. The van der Waals surface area contributed by atoms with Crippen molar-refractivity contribution in [2.24, 2.45) is 11.8 Å². The highest BCUT2D eigenvalue weighted by atomic mass is 19.1. The maximum atomic E-state index is 12.6. The number of halogens is 1. The molecule has 2 rings (SSSR count). The van der Waals surface area contributed by atoms with E-state index in [2.05, 4.69) is 23.7 Å². The van der Waals surface area contributed by atoms with Gasteiger partial charge in [0.1, 0.15) is 0 Å². The van der Waals surface area contributed by atoms with Gasteiger partial charge in [-0.2, -0.15) is 4.39 Å². The van der Waals surface area contributed by atoms with E-state index < -0.39 is 5.95 Å². The lowest BCUT2D eigenvalue weighted by atomic mass is 9.81. The van der Waals surface area contributed by atoms with Crippen LogP contribution in [0.2, 0.25) is 0 Å².